The van der Waals surface area contributed by atoms with Crippen LogP contribution in [0, 0.1) is 6.92 Å². The van der Waals surface area contributed by atoms with Gasteiger partial charge in [-0.15, -0.1) is 10.2 Å². The van der Waals surface area contributed by atoms with Crippen LogP contribution in [0.4, 0.5) is 5.95 Å². The normalized spacial score (nSPS) is 10.7. The molecule has 0 unspecified atom stereocenters. The van der Waals surface area contributed by atoms with Gasteiger partial charge in [-0.2, -0.15) is 5.10 Å². The molecule has 0 aliphatic heterocycles. The number of H-pyrrole nitrogens is 1. The summed E-state index contributed by atoms with van der Waals surface area (Å²) in [6, 6.07) is 5.51. The van der Waals surface area contributed by atoms with Gasteiger partial charge in [-0.05, 0) is 25.5 Å². The predicted molar refractivity (Wildman–Crippen MR) is 87.4 cm³/mol. The number of hydrogen-bond donors (Lipinski definition) is 2. The van der Waals surface area contributed by atoms with Crippen molar-refractivity contribution >= 4 is 12.2 Å². The van der Waals surface area contributed by atoms with Crippen LogP contribution < -0.4 is 20.5 Å². The average molecular weight is 317 g/mol. The maximum atomic E-state index is 11.4. The van der Waals surface area contributed by atoms with Crippen LogP contribution in [0.5, 0.6) is 11.5 Å². The number of rotatable bonds is 7. The fourth-order valence-corrected chi connectivity index (χ4v) is 1.76. The van der Waals surface area contributed by atoms with Crippen LogP contribution in [0.15, 0.2) is 28.1 Å². The van der Waals surface area contributed by atoms with E-state index < -0.39 is 0 Å². The first-order chi connectivity index (χ1) is 11.2. The molecule has 0 bridgehead atoms. The first-order valence-corrected chi connectivity index (χ1v) is 7.18. The summed E-state index contributed by atoms with van der Waals surface area (Å²) in [6.45, 7) is 4.18. The summed E-state index contributed by atoms with van der Waals surface area (Å²) in [7, 11) is 1.58. The lowest BCUT2D eigenvalue weighted by molar-refractivity contribution is 0.294. The molecule has 1 aromatic carbocycles. The third-order valence-electron chi connectivity index (χ3n) is 2.91. The number of ether oxygens (including phenoxy) is 2. The maximum Gasteiger partial charge on any atom is 0.274 e. The monoisotopic (exact) mass is 317 g/mol. The molecule has 2 N–H and O–H groups in total. The third kappa shape index (κ3) is 4.29. The lowest BCUT2D eigenvalue weighted by Crippen LogP contribution is -2.15. The van der Waals surface area contributed by atoms with Gasteiger partial charge in [-0.3, -0.25) is 9.78 Å². The van der Waals surface area contributed by atoms with Gasteiger partial charge in [0, 0.05) is 5.56 Å². The van der Waals surface area contributed by atoms with Crippen molar-refractivity contribution in [2.75, 3.05) is 19.1 Å². The molecule has 0 aliphatic rings. The fourth-order valence-electron chi connectivity index (χ4n) is 1.76. The maximum absolute atomic E-state index is 11.4. The van der Waals surface area contributed by atoms with E-state index in [1.807, 2.05) is 25.1 Å². The lowest BCUT2D eigenvalue weighted by atomic mass is 10.2. The largest absolute Gasteiger partial charge is 0.493 e. The Morgan fingerprint density at radius 2 is 2.22 bits per heavy atom. The summed E-state index contributed by atoms with van der Waals surface area (Å²) in [6.07, 6.45) is 2.44. The van der Waals surface area contributed by atoms with Gasteiger partial charge in [-0.25, -0.2) is 5.43 Å². The number of methoxy groups -OCH3 is 1. The zero-order chi connectivity index (χ0) is 16.7. The van der Waals surface area contributed by atoms with Gasteiger partial charge < -0.3 is 9.47 Å². The zero-order valence-electron chi connectivity index (χ0n) is 13.3. The summed E-state index contributed by atoms with van der Waals surface area (Å²) in [4.78, 5) is 14.0. The lowest BCUT2D eigenvalue weighted by Gasteiger charge is -2.12. The first-order valence-electron chi connectivity index (χ1n) is 7.18. The van der Waals surface area contributed by atoms with Gasteiger partial charge in [0.05, 0.1) is 19.9 Å². The van der Waals surface area contributed by atoms with E-state index in [1.54, 1.807) is 20.2 Å². The molecule has 0 saturated heterocycles. The number of aromatic amines is 1. The molecule has 122 valence electrons. The Balaban J connectivity index is 2.17. The third-order valence-corrected chi connectivity index (χ3v) is 2.91. The van der Waals surface area contributed by atoms with Gasteiger partial charge in [0.1, 0.15) is 5.69 Å². The van der Waals surface area contributed by atoms with Gasteiger partial charge in [0.2, 0.25) is 5.95 Å². The van der Waals surface area contributed by atoms with Crippen molar-refractivity contribution in [1.29, 1.82) is 0 Å². The second-order valence-corrected chi connectivity index (χ2v) is 4.69. The van der Waals surface area contributed by atoms with E-state index in [9.17, 15) is 4.79 Å². The van der Waals surface area contributed by atoms with Gasteiger partial charge in [0.25, 0.3) is 5.56 Å². The fraction of sp³-hybridized carbons (Fsp3) is 0.333. The number of aryl methyl sites for hydroxylation is 1. The van der Waals surface area contributed by atoms with E-state index in [1.165, 1.54) is 0 Å². The van der Waals surface area contributed by atoms with E-state index in [4.69, 9.17) is 9.47 Å². The second kappa shape index (κ2) is 7.92. The minimum atomic E-state index is -0.314. The molecule has 0 amide bonds. The molecule has 23 heavy (non-hydrogen) atoms. The second-order valence-electron chi connectivity index (χ2n) is 4.69. The molecular weight excluding hydrogens is 298 g/mol. The molecule has 1 heterocycles. The van der Waals surface area contributed by atoms with Gasteiger partial charge in [-0.1, -0.05) is 13.0 Å². The standard InChI is InChI=1S/C15H19N5O3/c1-4-8-23-13-11(6-5-7-12(13)22-3)9-16-19-15-17-14(21)10(2)18-20-15/h5-7,9H,4,8H2,1-3H3,(H2,17,19,20,21)/b16-9+. The highest BCUT2D eigenvalue weighted by Crippen LogP contribution is 2.30. The van der Waals surface area contributed by atoms with Crippen molar-refractivity contribution in [2.24, 2.45) is 5.10 Å². The Morgan fingerprint density at radius 1 is 1.39 bits per heavy atom. The molecule has 0 saturated carbocycles. The van der Waals surface area contributed by atoms with Crippen molar-refractivity contribution in [2.45, 2.75) is 20.3 Å². The molecule has 2 rings (SSSR count). The van der Waals surface area contributed by atoms with Crippen molar-refractivity contribution in [3.05, 3.63) is 39.8 Å². The van der Waals surface area contributed by atoms with E-state index in [-0.39, 0.29) is 11.5 Å². The summed E-state index contributed by atoms with van der Waals surface area (Å²) in [5.41, 5.74) is 3.35. The van der Waals surface area contributed by atoms with E-state index in [0.29, 0.717) is 23.8 Å². The van der Waals surface area contributed by atoms with E-state index in [0.717, 1.165) is 12.0 Å². The minimum Gasteiger partial charge on any atom is -0.493 e. The summed E-state index contributed by atoms with van der Waals surface area (Å²) >= 11 is 0. The zero-order valence-corrected chi connectivity index (χ0v) is 13.3. The molecular formula is C15H19N5O3. The molecule has 0 fully saturated rings. The highest BCUT2D eigenvalue weighted by atomic mass is 16.5. The summed E-state index contributed by atoms with van der Waals surface area (Å²) < 4.78 is 11.0. The summed E-state index contributed by atoms with van der Waals surface area (Å²) in [5, 5.41) is 11.5. The number of aromatic nitrogens is 3. The molecule has 0 spiro atoms. The van der Waals surface area contributed by atoms with Crippen molar-refractivity contribution in [3.8, 4) is 11.5 Å². The van der Waals surface area contributed by atoms with Gasteiger partial charge >= 0.3 is 0 Å². The summed E-state index contributed by atoms with van der Waals surface area (Å²) in [5.74, 6) is 1.41. The predicted octanol–water partition coefficient (Wildman–Crippen LogP) is 1.72. The van der Waals surface area contributed by atoms with E-state index in [2.05, 4.69) is 25.7 Å². The highest BCUT2D eigenvalue weighted by molar-refractivity contribution is 5.85. The molecule has 0 aliphatic carbocycles. The number of nitrogens with one attached hydrogen (secondary N) is 2. The molecule has 1 aromatic heterocycles. The Bertz CT molecular complexity index is 742. The average Bonchev–Trinajstić information content (AvgIpc) is 2.56. The van der Waals surface area contributed by atoms with Crippen molar-refractivity contribution in [3.63, 3.8) is 0 Å². The van der Waals surface area contributed by atoms with Gasteiger partial charge in [0.15, 0.2) is 11.5 Å². The van der Waals surface area contributed by atoms with Crippen molar-refractivity contribution < 1.29 is 9.47 Å². The van der Waals surface area contributed by atoms with Crippen LogP contribution in [0.1, 0.15) is 24.6 Å². The number of benzene rings is 1. The van der Waals surface area contributed by atoms with E-state index >= 15 is 0 Å². The molecule has 8 nitrogen and oxygen atoms in total. The number of nitrogens with zero attached hydrogens (tertiary/aromatic N) is 3. The molecule has 0 atom stereocenters. The quantitative estimate of drug-likeness (QED) is 0.595. The van der Waals surface area contributed by atoms with Crippen LogP contribution in [0.2, 0.25) is 0 Å². The Labute approximate surface area is 133 Å². The smallest absolute Gasteiger partial charge is 0.274 e. The van der Waals surface area contributed by atoms with Crippen LogP contribution >= 0.6 is 0 Å². The SMILES string of the molecule is CCCOc1c(/C=N/Nc2nnc(C)c(=O)[nH]2)cccc1OC. The Morgan fingerprint density at radius 3 is 2.91 bits per heavy atom. The van der Waals surface area contributed by atoms with Crippen LogP contribution in [-0.2, 0) is 0 Å². The number of hydrazone groups is 1. The Kier molecular flexibility index (Phi) is 5.67. The number of hydrogen-bond acceptors (Lipinski definition) is 7. The number of para-hydroxylation sites is 1. The van der Waals surface area contributed by atoms with Crippen LogP contribution in [-0.4, -0.2) is 35.1 Å². The topological polar surface area (TPSA) is 101 Å². The highest BCUT2D eigenvalue weighted by Gasteiger charge is 2.08. The first kappa shape index (κ1) is 16.5. The van der Waals surface area contributed by atoms with Crippen molar-refractivity contribution in [1.82, 2.24) is 15.2 Å². The molecule has 0 radical (unpaired) electrons. The molecule has 2 aromatic rings. The van der Waals surface area contributed by atoms with Crippen LogP contribution in [0.3, 0.4) is 0 Å². The number of anilines is 1. The molecule has 8 heteroatoms. The Hall–Kier alpha value is -2.90. The minimum absolute atomic E-state index is 0.163. The van der Waals surface area contributed by atoms with Crippen LogP contribution in [0.25, 0.3) is 0 Å².